The van der Waals surface area contributed by atoms with Gasteiger partial charge in [-0.05, 0) is 0 Å². The van der Waals surface area contributed by atoms with Crippen molar-refractivity contribution in [3.05, 3.63) is 64.7 Å². The van der Waals surface area contributed by atoms with Gasteiger partial charge in [0.15, 0.2) is 0 Å². The first-order valence-corrected chi connectivity index (χ1v) is 11.5. The Balaban J connectivity index is 2.29. The SMILES string of the molecule is Cc1cc(C)c2c(c1)P(C)(C)(C)Nc1ccccc1/C=C\C2. The van der Waals surface area contributed by atoms with Gasteiger partial charge in [-0.25, -0.2) is 0 Å². The van der Waals surface area contributed by atoms with Gasteiger partial charge in [0.1, 0.15) is 0 Å². The summed E-state index contributed by atoms with van der Waals surface area (Å²) in [5.41, 5.74) is 6.79. The Morgan fingerprint density at radius 2 is 1.73 bits per heavy atom. The molecule has 116 valence electrons. The van der Waals surface area contributed by atoms with Crippen molar-refractivity contribution in [1.29, 1.82) is 0 Å². The van der Waals surface area contributed by atoms with Gasteiger partial charge in [-0.15, -0.1) is 0 Å². The van der Waals surface area contributed by atoms with Gasteiger partial charge in [-0.2, -0.15) is 0 Å². The van der Waals surface area contributed by atoms with E-state index in [4.69, 9.17) is 0 Å². The van der Waals surface area contributed by atoms with Crippen LogP contribution in [0.15, 0.2) is 42.5 Å². The number of para-hydroxylation sites is 1. The standard InChI is InChI=1S/C20H26NP/c1-15-13-16(2)18-11-8-10-17-9-6-7-12-19(17)21-22(3,4,5)20(18)14-15/h6-10,12-14,21H,11H2,1-5H3/b10-8-. The first-order valence-electron chi connectivity index (χ1n) is 7.90. The predicted octanol–water partition coefficient (Wildman–Crippen LogP) is 4.97. The molecule has 1 aliphatic rings. The second kappa shape index (κ2) is 4.96. The van der Waals surface area contributed by atoms with Crippen molar-refractivity contribution in [1.82, 2.24) is 0 Å². The molecule has 22 heavy (non-hydrogen) atoms. The molecule has 1 heterocycles. The van der Waals surface area contributed by atoms with E-state index in [9.17, 15) is 0 Å². The van der Waals surface area contributed by atoms with Crippen LogP contribution in [0.2, 0.25) is 0 Å². The number of benzene rings is 2. The molecule has 0 fully saturated rings. The number of nitrogens with one attached hydrogen (secondary N) is 1. The molecule has 0 amide bonds. The monoisotopic (exact) mass is 311 g/mol. The van der Waals surface area contributed by atoms with Gasteiger partial charge in [-0.1, -0.05) is 0 Å². The molecule has 0 bridgehead atoms. The average molecular weight is 311 g/mol. The van der Waals surface area contributed by atoms with Crippen LogP contribution < -0.4 is 10.4 Å². The van der Waals surface area contributed by atoms with E-state index in [1.54, 1.807) is 0 Å². The Kier molecular flexibility index (Phi) is 3.45. The van der Waals surface area contributed by atoms with Crippen molar-refractivity contribution in [2.75, 3.05) is 25.1 Å². The first kappa shape index (κ1) is 15.3. The quantitative estimate of drug-likeness (QED) is 0.678. The molecule has 0 atom stereocenters. The summed E-state index contributed by atoms with van der Waals surface area (Å²) in [5, 5.41) is 5.46. The van der Waals surface area contributed by atoms with Crippen molar-refractivity contribution in [3.63, 3.8) is 0 Å². The molecular weight excluding hydrogens is 285 g/mol. The number of hydrogen-bond acceptors (Lipinski definition) is 1. The van der Waals surface area contributed by atoms with Crippen LogP contribution >= 0.6 is 6.75 Å². The summed E-state index contributed by atoms with van der Waals surface area (Å²) in [5.74, 6) is 0. The van der Waals surface area contributed by atoms with Crippen molar-refractivity contribution < 1.29 is 0 Å². The third-order valence-corrected chi connectivity index (χ3v) is 7.64. The van der Waals surface area contributed by atoms with Crippen molar-refractivity contribution in [2.24, 2.45) is 0 Å². The fourth-order valence-corrected chi connectivity index (χ4v) is 6.50. The summed E-state index contributed by atoms with van der Waals surface area (Å²) in [4.78, 5) is 0. The fourth-order valence-electron chi connectivity index (χ4n) is 3.47. The van der Waals surface area contributed by atoms with Crippen LogP contribution in [0.3, 0.4) is 0 Å². The average Bonchev–Trinajstić information content (AvgIpc) is 2.45. The molecule has 2 aromatic rings. The molecule has 0 unspecified atom stereocenters. The number of anilines is 1. The van der Waals surface area contributed by atoms with Crippen molar-refractivity contribution >= 4 is 23.8 Å². The Hall–Kier alpha value is -1.59. The summed E-state index contributed by atoms with van der Waals surface area (Å²) in [6, 6.07) is 13.3. The Morgan fingerprint density at radius 1 is 1.00 bits per heavy atom. The molecule has 3 rings (SSSR count). The second-order valence-electron chi connectivity index (χ2n) is 7.68. The number of rotatable bonds is 0. The van der Waals surface area contributed by atoms with Gasteiger partial charge < -0.3 is 0 Å². The van der Waals surface area contributed by atoms with Gasteiger partial charge in [0.05, 0.1) is 0 Å². The molecule has 0 aliphatic carbocycles. The van der Waals surface area contributed by atoms with Crippen LogP contribution in [0.5, 0.6) is 0 Å². The molecule has 0 saturated carbocycles. The first-order chi connectivity index (χ1) is 10.2. The number of aryl methyl sites for hydroxylation is 2. The van der Waals surface area contributed by atoms with Crippen LogP contribution in [0.1, 0.15) is 22.3 Å². The van der Waals surface area contributed by atoms with E-state index in [0.29, 0.717) is 0 Å². The number of hydrogen-bond donors (Lipinski definition) is 1. The number of fused-ring (bicyclic) bond motifs is 2. The molecule has 0 spiro atoms. The van der Waals surface area contributed by atoms with E-state index in [1.165, 1.54) is 33.2 Å². The predicted molar refractivity (Wildman–Crippen MR) is 103 cm³/mol. The molecule has 1 aliphatic heterocycles. The summed E-state index contributed by atoms with van der Waals surface area (Å²) in [7, 11) is 0. The number of allylic oxidation sites excluding steroid dienone is 1. The Labute approximate surface area is 134 Å². The normalized spacial score (nSPS) is 21.6. The van der Waals surface area contributed by atoms with Crippen LogP contribution in [0.4, 0.5) is 5.69 Å². The zero-order valence-electron chi connectivity index (χ0n) is 14.3. The van der Waals surface area contributed by atoms with Gasteiger partial charge in [0, 0.05) is 0 Å². The van der Waals surface area contributed by atoms with E-state index in [2.05, 4.69) is 87.5 Å². The molecule has 0 saturated heterocycles. The molecule has 2 heteroatoms. The minimum atomic E-state index is -2.22. The third-order valence-electron chi connectivity index (χ3n) is 4.53. The van der Waals surface area contributed by atoms with Gasteiger partial charge >= 0.3 is 134 Å². The summed E-state index contributed by atoms with van der Waals surface area (Å²) in [6.45, 7) is 9.50. The third kappa shape index (κ3) is 2.71. The summed E-state index contributed by atoms with van der Waals surface area (Å²) >= 11 is 0. The summed E-state index contributed by atoms with van der Waals surface area (Å²) < 4.78 is 0. The van der Waals surface area contributed by atoms with Crippen LogP contribution in [-0.4, -0.2) is 20.0 Å². The zero-order valence-corrected chi connectivity index (χ0v) is 15.2. The molecule has 0 aromatic heterocycles. The van der Waals surface area contributed by atoms with Crippen molar-refractivity contribution in [3.8, 4) is 0 Å². The molecule has 0 radical (unpaired) electrons. The van der Waals surface area contributed by atoms with E-state index in [-0.39, 0.29) is 0 Å². The van der Waals surface area contributed by atoms with Gasteiger partial charge in [0.2, 0.25) is 0 Å². The maximum absolute atomic E-state index is 3.95. The van der Waals surface area contributed by atoms with Crippen LogP contribution in [-0.2, 0) is 6.42 Å². The fraction of sp³-hybridized carbons (Fsp3) is 0.300. The maximum atomic E-state index is 3.95. The Bertz CT molecular complexity index is 763. The van der Waals surface area contributed by atoms with E-state index in [0.717, 1.165) is 6.42 Å². The molecule has 1 nitrogen and oxygen atoms in total. The van der Waals surface area contributed by atoms with Crippen LogP contribution in [0, 0.1) is 13.8 Å². The summed E-state index contributed by atoms with van der Waals surface area (Å²) in [6.07, 6.45) is 5.56. The Morgan fingerprint density at radius 3 is 2.50 bits per heavy atom. The van der Waals surface area contributed by atoms with Crippen molar-refractivity contribution in [2.45, 2.75) is 20.3 Å². The second-order valence-corrected chi connectivity index (χ2v) is 14.0. The molecule has 2 aromatic carbocycles. The topological polar surface area (TPSA) is 12.0 Å². The zero-order chi connectivity index (χ0) is 16.0. The van der Waals surface area contributed by atoms with Gasteiger partial charge in [-0.3, -0.25) is 0 Å². The molecule has 1 N–H and O–H groups in total. The van der Waals surface area contributed by atoms with E-state index in [1.807, 2.05) is 0 Å². The van der Waals surface area contributed by atoms with Gasteiger partial charge in [0.25, 0.3) is 0 Å². The van der Waals surface area contributed by atoms with E-state index >= 15 is 0 Å². The molecular formula is C20H26NP. The van der Waals surface area contributed by atoms with Crippen LogP contribution in [0.25, 0.3) is 6.08 Å². The minimum absolute atomic E-state index is 1.00. The van der Waals surface area contributed by atoms with E-state index < -0.39 is 6.75 Å².